The molecule has 0 aliphatic carbocycles. The van der Waals surface area contributed by atoms with E-state index in [9.17, 15) is 14.7 Å². The number of carbonyl (C=O) groups excluding carboxylic acids is 1. The average molecular weight is 492 g/mol. The number of H-pyrrole nitrogens is 1. The van der Waals surface area contributed by atoms with Crippen LogP contribution < -0.4 is 10.9 Å². The first-order valence-corrected chi connectivity index (χ1v) is 11.6. The third-order valence-electron chi connectivity index (χ3n) is 4.46. The number of amides is 1. The third-order valence-corrected chi connectivity index (χ3v) is 5.84. The van der Waals surface area contributed by atoms with Gasteiger partial charge in [0.15, 0.2) is 5.16 Å². The van der Waals surface area contributed by atoms with Crippen LogP contribution in [0.1, 0.15) is 43.4 Å². The van der Waals surface area contributed by atoms with Gasteiger partial charge in [0, 0.05) is 21.5 Å². The molecule has 0 fully saturated rings. The van der Waals surface area contributed by atoms with Crippen LogP contribution in [-0.4, -0.2) is 32.3 Å². The molecule has 0 unspecified atom stereocenters. The van der Waals surface area contributed by atoms with Gasteiger partial charge in [-0.05, 0) is 56.2 Å². The molecule has 0 spiro atoms. The number of carbonyl (C=O) groups is 1. The minimum absolute atomic E-state index is 0.0524. The van der Waals surface area contributed by atoms with E-state index < -0.39 is 17.4 Å². The van der Waals surface area contributed by atoms with Gasteiger partial charge < -0.3 is 15.4 Å². The standard InChI is InChI=1S/C23H23Cl2N3O3S/c1-23(2,3)28-17(29)12-32-22-26-20(30)19(21(31)27-22)18(13-4-8-15(24)9-5-13)14-6-10-16(25)11-7-14/h4-11,18H,12H2,1-3H3,(H,28,29)(H2,26,27,30,31). The molecule has 0 saturated carbocycles. The Bertz CT molecular complexity index is 1110. The van der Waals surface area contributed by atoms with Crippen LogP contribution in [0, 0.1) is 0 Å². The van der Waals surface area contributed by atoms with E-state index in [0.717, 1.165) is 22.9 Å². The van der Waals surface area contributed by atoms with E-state index >= 15 is 0 Å². The number of rotatable bonds is 6. The first-order chi connectivity index (χ1) is 15.0. The average Bonchev–Trinajstić information content (AvgIpc) is 2.70. The van der Waals surface area contributed by atoms with Crippen LogP contribution in [0.2, 0.25) is 10.0 Å². The summed E-state index contributed by atoms with van der Waals surface area (Å²) in [5, 5.41) is 14.8. The predicted octanol–water partition coefficient (Wildman–Crippen LogP) is 4.97. The lowest BCUT2D eigenvalue weighted by Crippen LogP contribution is -2.41. The number of aromatic amines is 1. The van der Waals surface area contributed by atoms with Crippen molar-refractivity contribution in [3.05, 3.63) is 85.6 Å². The summed E-state index contributed by atoms with van der Waals surface area (Å²) in [4.78, 5) is 31.9. The van der Waals surface area contributed by atoms with Crippen molar-refractivity contribution in [3.8, 4) is 5.88 Å². The first-order valence-electron chi connectivity index (χ1n) is 9.81. The van der Waals surface area contributed by atoms with Crippen LogP contribution >= 0.6 is 35.0 Å². The van der Waals surface area contributed by atoms with E-state index in [2.05, 4.69) is 15.3 Å². The van der Waals surface area contributed by atoms with Gasteiger partial charge in [0.05, 0.1) is 11.3 Å². The second-order valence-corrected chi connectivity index (χ2v) is 10.1. The molecule has 0 bridgehead atoms. The van der Waals surface area contributed by atoms with Crippen molar-refractivity contribution in [2.24, 2.45) is 0 Å². The van der Waals surface area contributed by atoms with Crippen molar-refractivity contribution in [2.45, 2.75) is 37.4 Å². The highest BCUT2D eigenvalue weighted by Gasteiger charge is 2.25. The van der Waals surface area contributed by atoms with Gasteiger partial charge in [0.2, 0.25) is 11.8 Å². The third kappa shape index (κ3) is 6.28. The molecule has 32 heavy (non-hydrogen) atoms. The van der Waals surface area contributed by atoms with Crippen LogP contribution in [0.25, 0.3) is 0 Å². The summed E-state index contributed by atoms with van der Waals surface area (Å²) in [7, 11) is 0. The normalized spacial score (nSPS) is 11.6. The molecule has 3 N–H and O–H groups in total. The molecule has 1 aromatic heterocycles. The Morgan fingerprint density at radius 2 is 1.56 bits per heavy atom. The first kappa shape index (κ1) is 24.2. The number of hydrogen-bond donors (Lipinski definition) is 3. The Kier molecular flexibility index (Phi) is 7.54. The highest BCUT2D eigenvalue weighted by atomic mass is 35.5. The molecule has 0 aliphatic rings. The number of benzene rings is 2. The molecule has 2 aromatic carbocycles. The molecular weight excluding hydrogens is 469 g/mol. The summed E-state index contributed by atoms with van der Waals surface area (Å²) in [6.45, 7) is 5.64. The molecule has 1 amide bonds. The summed E-state index contributed by atoms with van der Waals surface area (Å²) in [5.41, 5.74) is 0.743. The summed E-state index contributed by atoms with van der Waals surface area (Å²) in [6.07, 6.45) is 0. The van der Waals surface area contributed by atoms with Crippen molar-refractivity contribution in [1.29, 1.82) is 0 Å². The maximum absolute atomic E-state index is 13.0. The Hall–Kier alpha value is -2.48. The number of aromatic nitrogens is 2. The SMILES string of the molecule is CC(C)(C)NC(=O)CSc1nc(O)c(C(c2ccc(Cl)cc2)c2ccc(Cl)cc2)c(=O)[nH]1. The zero-order chi connectivity index (χ0) is 23.5. The fourth-order valence-electron chi connectivity index (χ4n) is 3.20. The number of thioether (sulfide) groups is 1. The predicted molar refractivity (Wildman–Crippen MR) is 129 cm³/mol. The van der Waals surface area contributed by atoms with Gasteiger partial charge in [-0.1, -0.05) is 59.2 Å². The second-order valence-electron chi connectivity index (χ2n) is 8.23. The van der Waals surface area contributed by atoms with Crippen molar-refractivity contribution in [2.75, 3.05) is 5.75 Å². The smallest absolute Gasteiger partial charge is 0.259 e. The molecule has 3 rings (SSSR count). The lowest BCUT2D eigenvalue weighted by Gasteiger charge is -2.20. The quantitative estimate of drug-likeness (QED) is 0.334. The molecule has 6 nitrogen and oxygen atoms in total. The summed E-state index contributed by atoms with van der Waals surface area (Å²) < 4.78 is 0. The van der Waals surface area contributed by atoms with E-state index in [0.29, 0.717) is 10.0 Å². The van der Waals surface area contributed by atoms with E-state index in [1.165, 1.54) is 0 Å². The molecule has 0 atom stereocenters. The van der Waals surface area contributed by atoms with Gasteiger partial charge in [0.1, 0.15) is 0 Å². The van der Waals surface area contributed by atoms with Crippen molar-refractivity contribution in [1.82, 2.24) is 15.3 Å². The zero-order valence-corrected chi connectivity index (χ0v) is 20.1. The van der Waals surface area contributed by atoms with Crippen LogP contribution in [0.5, 0.6) is 5.88 Å². The molecule has 0 aliphatic heterocycles. The zero-order valence-electron chi connectivity index (χ0n) is 17.8. The van der Waals surface area contributed by atoms with Gasteiger partial charge in [-0.3, -0.25) is 9.59 Å². The highest BCUT2D eigenvalue weighted by Crippen LogP contribution is 2.35. The molecule has 0 radical (unpaired) electrons. The van der Waals surface area contributed by atoms with Crippen molar-refractivity contribution < 1.29 is 9.90 Å². The second kappa shape index (κ2) is 9.98. The number of aromatic hydroxyl groups is 1. The Morgan fingerprint density at radius 3 is 2.00 bits per heavy atom. The molecule has 0 saturated heterocycles. The molecule has 168 valence electrons. The number of hydrogen-bond acceptors (Lipinski definition) is 5. The number of halogens is 2. The highest BCUT2D eigenvalue weighted by molar-refractivity contribution is 7.99. The van der Waals surface area contributed by atoms with Gasteiger partial charge in [-0.25, -0.2) is 0 Å². The van der Waals surface area contributed by atoms with E-state index in [4.69, 9.17) is 23.2 Å². The Labute approximate surface area is 200 Å². The maximum atomic E-state index is 13.0. The van der Waals surface area contributed by atoms with Crippen LogP contribution in [-0.2, 0) is 4.79 Å². The van der Waals surface area contributed by atoms with Crippen molar-refractivity contribution in [3.63, 3.8) is 0 Å². The molecule has 1 heterocycles. The molecular formula is C23H23Cl2N3O3S. The topological polar surface area (TPSA) is 95.1 Å². The van der Waals surface area contributed by atoms with Crippen LogP contribution in [0.3, 0.4) is 0 Å². The summed E-state index contributed by atoms with van der Waals surface area (Å²) in [5.74, 6) is -1.14. The monoisotopic (exact) mass is 491 g/mol. The fraction of sp³-hybridized carbons (Fsp3) is 0.261. The van der Waals surface area contributed by atoms with E-state index in [-0.39, 0.29) is 27.9 Å². The molecule has 3 aromatic rings. The fourth-order valence-corrected chi connectivity index (χ4v) is 4.11. The molecule has 9 heteroatoms. The van der Waals surface area contributed by atoms with Gasteiger partial charge in [-0.2, -0.15) is 4.98 Å². The van der Waals surface area contributed by atoms with E-state index in [1.807, 2.05) is 20.8 Å². The summed E-state index contributed by atoms with van der Waals surface area (Å²) in [6, 6.07) is 14.0. The largest absolute Gasteiger partial charge is 0.493 e. The van der Waals surface area contributed by atoms with Gasteiger partial charge in [-0.15, -0.1) is 0 Å². The van der Waals surface area contributed by atoms with Crippen molar-refractivity contribution >= 4 is 40.9 Å². The van der Waals surface area contributed by atoms with Crippen LogP contribution in [0.15, 0.2) is 58.5 Å². The Balaban J connectivity index is 1.97. The van der Waals surface area contributed by atoms with Crippen LogP contribution in [0.4, 0.5) is 0 Å². The minimum Gasteiger partial charge on any atom is -0.493 e. The lowest BCUT2D eigenvalue weighted by molar-refractivity contribution is -0.119. The Morgan fingerprint density at radius 1 is 1.06 bits per heavy atom. The lowest BCUT2D eigenvalue weighted by atomic mass is 9.86. The van der Waals surface area contributed by atoms with Gasteiger partial charge >= 0.3 is 0 Å². The number of nitrogens with zero attached hydrogens (tertiary/aromatic N) is 1. The minimum atomic E-state index is -0.593. The summed E-state index contributed by atoms with van der Waals surface area (Å²) >= 11 is 13.1. The van der Waals surface area contributed by atoms with Gasteiger partial charge in [0.25, 0.3) is 5.56 Å². The number of nitrogens with one attached hydrogen (secondary N) is 2. The van der Waals surface area contributed by atoms with E-state index in [1.54, 1.807) is 48.5 Å². The maximum Gasteiger partial charge on any atom is 0.259 e.